The molecule has 1 aromatic heterocycles. The highest BCUT2D eigenvalue weighted by molar-refractivity contribution is 5.61. The van der Waals surface area contributed by atoms with Gasteiger partial charge >= 0.3 is 0 Å². The molecule has 0 aliphatic heterocycles. The van der Waals surface area contributed by atoms with Gasteiger partial charge in [0, 0.05) is 24.7 Å². The molecule has 0 bridgehead atoms. The van der Waals surface area contributed by atoms with E-state index in [0.717, 1.165) is 17.1 Å². The highest BCUT2D eigenvalue weighted by Crippen LogP contribution is 2.37. The van der Waals surface area contributed by atoms with Crippen molar-refractivity contribution < 1.29 is 4.74 Å². The van der Waals surface area contributed by atoms with Gasteiger partial charge in [0.2, 0.25) is 0 Å². The van der Waals surface area contributed by atoms with E-state index in [-0.39, 0.29) is 5.41 Å². The maximum absolute atomic E-state index is 5.88. The van der Waals surface area contributed by atoms with Crippen LogP contribution in [-0.4, -0.2) is 18.1 Å². The molecule has 1 saturated carbocycles. The van der Waals surface area contributed by atoms with Gasteiger partial charge in [-0.2, -0.15) is 0 Å². The zero-order chi connectivity index (χ0) is 11.8. The molecule has 0 atom stereocenters. The number of rotatable bonds is 3. The van der Waals surface area contributed by atoms with Crippen LogP contribution in [0, 0.1) is 0 Å². The second kappa shape index (κ2) is 3.96. The van der Waals surface area contributed by atoms with Crippen molar-refractivity contribution in [3.05, 3.63) is 18.0 Å². The van der Waals surface area contributed by atoms with E-state index in [2.05, 4.69) is 31.1 Å². The third kappa shape index (κ3) is 2.29. The lowest BCUT2D eigenvalue weighted by Crippen LogP contribution is -2.17. The Morgan fingerprint density at radius 3 is 2.56 bits per heavy atom. The summed E-state index contributed by atoms with van der Waals surface area (Å²) < 4.78 is 5.88. The van der Waals surface area contributed by atoms with Crippen LogP contribution in [0.4, 0.5) is 5.69 Å². The molecule has 88 valence electrons. The van der Waals surface area contributed by atoms with Crippen LogP contribution < -0.4 is 10.1 Å². The Morgan fingerprint density at radius 1 is 1.38 bits per heavy atom. The number of nitrogens with zero attached hydrogens (tertiary/aromatic N) is 1. The van der Waals surface area contributed by atoms with Gasteiger partial charge in [-0.25, -0.2) is 0 Å². The number of pyridine rings is 1. The smallest absolute Gasteiger partial charge is 0.146 e. The van der Waals surface area contributed by atoms with Crippen molar-refractivity contribution in [2.45, 2.75) is 45.1 Å². The molecule has 3 nitrogen and oxygen atoms in total. The Labute approximate surface area is 97.2 Å². The summed E-state index contributed by atoms with van der Waals surface area (Å²) in [7, 11) is 1.92. The quantitative estimate of drug-likeness (QED) is 0.850. The lowest BCUT2D eigenvalue weighted by molar-refractivity contribution is 0.303. The molecule has 0 saturated heterocycles. The monoisotopic (exact) mass is 220 g/mol. The van der Waals surface area contributed by atoms with E-state index >= 15 is 0 Å². The molecule has 0 aromatic carbocycles. The first kappa shape index (κ1) is 11.2. The second-order valence-corrected chi connectivity index (χ2v) is 5.35. The van der Waals surface area contributed by atoms with Gasteiger partial charge in [-0.05, 0) is 12.8 Å². The molecule has 3 heteroatoms. The van der Waals surface area contributed by atoms with Crippen molar-refractivity contribution in [1.82, 2.24) is 4.98 Å². The minimum Gasteiger partial charge on any atom is -0.488 e. The predicted molar refractivity (Wildman–Crippen MR) is 66.1 cm³/mol. The van der Waals surface area contributed by atoms with Crippen LogP contribution in [0.5, 0.6) is 5.75 Å². The second-order valence-electron chi connectivity index (χ2n) is 5.35. The maximum Gasteiger partial charge on any atom is 0.146 e. The molecular formula is C13H20N2O. The van der Waals surface area contributed by atoms with Crippen LogP contribution in [0.2, 0.25) is 0 Å². The number of hydrogen-bond donors (Lipinski definition) is 1. The summed E-state index contributed by atoms with van der Waals surface area (Å²) in [5, 5.41) is 3.22. The molecular weight excluding hydrogens is 200 g/mol. The van der Waals surface area contributed by atoms with Crippen LogP contribution in [0.25, 0.3) is 0 Å². The summed E-state index contributed by atoms with van der Waals surface area (Å²) in [5.41, 5.74) is 2.12. The molecule has 2 rings (SSSR count). The molecule has 0 unspecified atom stereocenters. The predicted octanol–water partition coefficient (Wildman–Crippen LogP) is 2.96. The van der Waals surface area contributed by atoms with Crippen LogP contribution in [0.1, 0.15) is 39.3 Å². The molecule has 0 radical (unpaired) electrons. The number of anilines is 1. The first-order valence-corrected chi connectivity index (χ1v) is 5.86. The molecule has 0 spiro atoms. The first-order valence-electron chi connectivity index (χ1n) is 5.86. The van der Waals surface area contributed by atoms with Gasteiger partial charge in [0.15, 0.2) is 0 Å². The van der Waals surface area contributed by atoms with Crippen molar-refractivity contribution in [2.75, 3.05) is 12.4 Å². The average molecular weight is 220 g/mol. The fraction of sp³-hybridized carbons (Fsp3) is 0.615. The molecule has 1 N–H and O–H groups in total. The Bertz CT molecular complexity index is 378. The summed E-state index contributed by atoms with van der Waals surface area (Å²) in [6.45, 7) is 6.49. The number of ether oxygens (including phenoxy) is 1. The van der Waals surface area contributed by atoms with E-state index in [4.69, 9.17) is 4.74 Å². The van der Waals surface area contributed by atoms with Gasteiger partial charge < -0.3 is 10.1 Å². The van der Waals surface area contributed by atoms with Gasteiger partial charge in [-0.1, -0.05) is 20.8 Å². The third-order valence-corrected chi connectivity index (χ3v) is 2.69. The van der Waals surface area contributed by atoms with Crippen LogP contribution in [0.3, 0.4) is 0 Å². The molecule has 1 aliphatic carbocycles. The van der Waals surface area contributed by atoms with Gasteiger partial charge in [-0.3, -0.25) is 4.98 Å². The Hall–Kier alpha value is -1.25. The zero-order valence-electron chi connectivity index (χ0n) is 10.5. The van der Waals surface area contributed by atoms with E-state index in [1.54, 1.807) is 0 Å². The fourth-order valence-electron chi connectivity index (χ4n) is 1.72. The summed E-state index contributed by atoms with van der Waals surface area (Å²) in [6.07, 6.45) is 4.61. The van der Waals surface area contributed by atoms with Crippen molar-refractivity contribution in [3.63, 3.8) is 0 Å². The Morgan fingerprint density at radius 2 is 2.06 bits per heavy atom. The van der Waals surface area contributed by atoms with Gasteiger partial charge in [0.1, 0.15) is 5.75 Å². The topological polar surface area (TPSA) is 34.1 Å². The van der Waals surface area contributed by atoms with Crippen molar-refractivity contribution in [3.8, 4) is 5.75 Å². The minimum atomic E-state index is 0.0290. The molecule has 1 aliphatic rings. The first-order chi connectivity index (χ1) is 7.52. The summed E-state index contributed by atoms with van der Waals surface area (Å²) in [4.78, 5) is 4.47. The molecule has 16 heavy (non-hydrogen) atoms. The van der Waals surface area contributed by atoms with Crippen molar-refractivity contribution in [2.24, 2.45) is 0 Å². The largest absolute Gasteiger partial charge is 0.488 e. The SMILES string of the molecule is CNc1c(OC2CC2)ccnc1C(C)(C)C. The van der Waals surface area contributed by atoms with Crippen LogP contribution >= 0.6 is 0 Å². The molecule has 1 heterocycles. The molecule has 1 aromatic rings. The Balaban J connectivity index is 2.37. The maximum atomic E-state index is 5.88. The highest BCUT2D eigenvalue weighted by atomic mass is 16.5. The van der Waals surface area contributed by atoms with E-state index < -0.39 is 0 Å². The minimum absolute atomic E-state index is 0.0290. The summed E-state index contributed by atoms with van der Waals surface area (Å²) in [5.74, 6) is 0.935. The number of nitrogens with one attached hydrogen (secondary N) is 1. The number of hydrogen-bond acceptors (Lipinski definition) is 3. The molecule has 0 amide bonds. The van der Waals surface area contributed by atoms with Crippen LogP contribution in [-0.2, 0) is 5.41 Å². The average Bonchev–Trinajstić information content (AvgIpc) is 3.00. The van der Waals surface area contributed by atoms with Gasteiger partial charge in [0.25, 0.3) is 0 Å². The summed E-state index contributed by atoms with van der Waals surface area (Å²) >= 11 is 0. The van der Waals surface area contributed by atoms with E-state index in [1.807, 2.05) is 19.3 Å². The lowest BCUT2D eigenvalue weighted by atomic mass is 9.90. The lowest BCUT2D eigenvalue weighted by Gasteiger charge is -2.23. The third-order valence-electron chi connectivity index (χ3n) is 2.69. The van der Waals surface area contributed by atoms with Gasteiger partial charge in [0.05, 0.1) is 17.5 Å². The van der Waals surface area contributed by atoms with Crippen molar-refractivity contribution in [1.29, 1.82) is 0 Å². The normalized spacial score (nSPS) is 16.0. The summed E-state index contributed by atoms with van der Waals surface area (Å²) in [6, 6.07) is 1.94. The van der Waals surface area contributed by atoms with Crippen LogP contribution in [0.15, 0.2) is 12.3 Å². The molecule has 1 fully saturated rings. The number of aromatic nitrogens is 1. The van der Waals surface area contributed by atoms with E-state index in [0.29, 0.717) is 6.10 Å². The Kier molecular flexibility index (Phi) is 2.78. The highest BCUT2D eigenvalue weighted by Gasteiger charge is 2.27. The van der Waals surface area contributed by atoms with Crippen molar-refractivity contribution >= 4 is 5.69 Å². The standard InChI is InChI=1S/C13H20N2O/c1-13(2,3)12-11(14-4)10(7-8-15-12)16-9-5-6-9/h7-9,14H,5-6H2,1-4H3. The zero-order valence-corrected chi connectivity index (χ0v) is 10.5. The fourth-order valence-corrected chi connectivity index (χ4v) is 1.72. The van der Waals surface area contributed by atoms with Gasteiger partial charge in [-0.15, -0.1) is 0 Å². The van der Waals surface area contributed by atoms with E-state index in [1.165, 1.54) is 12.8 Å². The van der Waals surface area contributed by atoms with E-state index in [9.17, 15) is 0 Å².